The second-order valence-electron chi connectivity index (χ2n) is 4.66. The number of nitrogen functional groups attached to an aromatic ring is 1. The van der Waals surface area contributed by atoms with Gasteiger partial charge in [-0.3, -0.25) is 4.72 Å². The van der Waals surface area contributed by atoms with Gasteiger partial charge in [0.1, 0.15) is 10.7 Å². The van der Waals surface area contributed by atoms with E-state index in [0.717, 1.165) is 23.3 Å². The van der Waals surface area contributed by atoms with Crippen molar-refractivity contribution < 1.29 is 12.8 Å². The summed E-state index contributed by atoms with van der Waals surface area (Å²) in [6.45, 7) is 3.72. The summed E-state index contributed by atoms with van der Waals surface area (Å²) in [5.41, 5.74) is 7.88. The predicted molar refractivity (Wildman–Crippen MR) is 77.5 cm³/mol. The van der Waals surface area contributed by atoms with Crippen LogP contribution in [-0.2, 0) is 10.0 Å². The first-order valence-electron chi connectivity index (χ1n) is 5.94. The standard InChI is InChI=1S/C14H15FN2O2S/c1-9-5-10(2)7-12(6-9)17-20(18,19)14-8-11(15)3-4-13(14)16/h3-8,17H,16H2,1-2H3. The fourth-order valence-corrected chi connectivity index (χ4v) is 3.17. The van der Waals surface area contributed by atoms with Crippen LogP contribution in [0.2, 0.25) is 0 Å². The molecule has 20 heavy (non-hydrogen) atoms. The van der Waals surface area contributed by atoms with Crippen molar-refractivity contribution in [3.8, 4) is 0 Å². The Balaban J connectivity index is 2.43. The maximum Gasteiger partial charge on any atom is 0.264 e. The van der Waals surface area contributed by atoms with E-state index in [1.54, 1.807) is 12.1 Å². The highest BCUT2D eigenvalue weighted by Gasteiger charge is 2.18. The molecular weight excluding hydrogens is 279 g/mol. The highest BCUT2D eigenvalue weighted by molar-refractivity contribution is 7.92. The van der Waals surface area contributed by atoms with Crippen molar-refractivity contribution in [3.05, 3.63) is 53.3 Å². The van der Waals surface area contributed by atoms with E-state index in [1.165, 1.54) is 6.07 Å². The lowest BCUT2D eigenvalue weighted by atomic mass is 10.1. The number of benzene rings is 2. The van der Waals surface area contributed by atoms with Crippen molar-refractivity contribution in [2.45, 2.75) is 18.7 Å². The Morgan fingerprint density at radius 2 is 1.65 bits per heavy atom. The van der Waals surface area contributed by atoms with Crippen LogP contribution >= 0.6 is 0 Å². The Morgan fingerprint density at radius 1 is 1.05 bits per heavy atom. The van der Waals surface area contributed by atoms with Gasteiger partial charge in [-0.25, -0.2) is 12.8 Å². The average molecular weight is 294 g/mol. The number of sulfonamides is 1. The van der Waals surface area contributed by atoms with Crippen LogP contribution in [0.15, 0.2) is 41.3 Å². The number of rotatable bonds is 3. The molecule has 106 valence electrons. The van der Waals surface area contributed by atoms with Gasteiger partial charge in [-0.2, -0.15) is 0 Å². The van der Waals surface area contributed by atoms with E-state index in [0.29, 0.717) is 5.69 Å². The molecule has 0 fully saturated rings. The van der Waals surface area contributed by atoms with Gasteiger partial charge in [-0.15, -0.1) is 0 Å². The van der Waals surface area contributed by atoms with Gasteiger partial charge in [0.05, 0.1) is 5.69 Å². The van der Waals surface area contributed by atoms with Crippen molar-refractivity contribution in [2.75, 3.05) is 10.5 Å². The van der Waals surface area contributed by atoms with Crippen LogP contribution in [0.25, 0.3) is 0 Å². The minimum absolute atomic E-state index is 0.00303. The summed E-state index contributed by atoms with van der Waals surface area (Å²) in [7, 11) is -3.92. The summed E-state index contributed by atoms with van der Waals surface area (Å²) in [4.78, 5) is -0.267. The Kier molecular flexibility index (Phi) is 3.67. The number of hydrogen-bond donors (Lipinski definition) is 2. The summed E-state index contributed by atoms with van der Waals surface area (Å²) in [6.07, 6.45) is 0. The largest absolute Gasteiger partial charge is 0.398 e. The first-order chi connectivity index (χ1) is 9.28. The predicted octanol–water partition coefficient (Wildman–Crippen LogP) is 2.83. The van der Waals surface area contributed by atoms with Gasteiger partial charge in [0, 0.05) is 5.69 Å². The number of halogens is 1. The molecule has 0 amide bonds. The summed E-state index contributed by atoms with van der Waals surface area (Å²) in [5.74, 6) is -0.653. The molecule has 0 radical (unpaired) electrons. The molecule has 3 N–H and O–H groups in total. The van der Waals surface area contributed by atoms with Crippen LogP contribution in [-0.4, -0.2) is 8.42 Å². The van der Waals surface area contributed by atoms with Gasteiger partial charge in [-0.1, -0.05) is 6.07 Å². The zero-order valence-corrected chi connectivity index (χ0v) is 12.0. The minimum Gasteiger partial charge on any atom is -0.398 e. The third-order valence-electron chi connectivity index (χ3n) is 2.74. The van der Waals surface area contributed by atoms with Crippen LogP contribution in [0.5, 0.6) is 0 Å². The van der Waals surface area contributed by atoms with Crippen LogP contribution in [0.4, 0.5) is 15.8 Å². The molecule has 0 saturated heterocycles. The van der Waals surface area contributed by atoms with Crippen molar-refractivity contribution in [1.82, 2.24) is 0 Å². The van der Waals surface area contributed by atoms with Crippen LogP contribution in [0.1, 0.15) is 11.1 Å². The summed E-state index contributed by atoms with van der Waals surface area (Å²) < 4.78 is 40.1. The van der Waals surface area contributed by atoms with E-state index in [2.05, 4.69) is 4.72 Å². The van der Waals surface area contributed by atoms with E-state index < -0.39 is 15.8 Å². The lowest BCUT2D eigenvalue weighted by Gasteiger charge is -2.11. The number of nitrogens with one attached hydrogen (secondary N) is 1. The maximum atomic E-state index is 13.2. The van der Waals surface area contributed by atoms with Gasteiger partial charge in [0.15, 0.2) is 0 Å². The highest BCUT2D eigenvalue weighted by Crippen LogP contribution is 2.23. The Bertz CT molecular complexity index is 738. The van der Waals surface area contributed by atoms with Crippen molar-refractivity contribution in [2.24, 2.45) is 0 Å². The Hall–Kier alpha value is -2.08. The first kappa shape index (κ1) is 14.3. The van der Waals surface area contributed by atoms with E-state index >= 15 is 0 Å². The monoisotopic (exact) mass is 294 g/mol. The topological polar surface area (TPSA) is 72.2 Å². The molecule has 0 bridgehead atoms. The molecule has 2 aromatic rings. The number of anilines is 2. The van der Waals surface area contributed by atoms with Gasteiger partial charge in [-0.05, 0) is 55.3 Å². The van der Waals surface area contributed by atoms with Crippen molar-refractivity contribution in [1.29, 1.82) is 0 Å². The molecule has 0 aliphatic carbocycles. The summed E-state index contributed by atoms with van der Waals surface area (Å²) in [5, 5.41) is 0. The van der Waals surface area contributed by atoms with Gasteiger partial charge >= 0.3 is 0 Å². The minimum atomic E-state index is -3.92. The third kappa shape index (κ3) is 3.08. The molecule has 2 rings (SSSR count). The second-order valence-corrected chi connectivity index (χ2v) is 6.31. The average Bonchev–Trinajstić information content (AvgIpc) is 2.30. The molecule has 0 heterocycles. The zero-order valence-electron chi connectivity index (χ0n) is 11.1. The van der Waals surface area contributed by atoms with E-state index in [4.69, 9.17) is 5.73 Å². The van der Waals surface area contributed by atoms with Crippen LogP contribution in [0.3, 0.4) is 0 Å². The van der Waals surface area contributed by atoms with Crippen LogP contribution in [0, 0.1) is 19.7 Å². The normalized spacial score (nSPS) is 11.3. The summed E-state index contributed by atoms with van der Waals surface area (Å²) >= 11 is 0. The lowest BCUT2D eigenvalue weighted by Crippen LogP contribution is -2.15. The smallest absolute Gasteiger partial charge is 0.264 e. The van der Waals surface area contributed by atoms with Gasteiger partial charge in [0.2, 0.25) is 0 Å². The molecular formula is C14H15FN2O2S. The highest BCUT2D eigenvalue weighted by atomic mass is 32.2. The van der Waals surface area contributed by atoms with Crippen molar-refractivity contribution >= 4 is 21.4 Å². The molecule has 0 aliphatic heterocycles. The van der Waals surface area contributed by atoms with Crippen molar-refractivity contribution in [3.63, 3.8) is 0 Å². The maximum absolute atomic E-state index is 13.2. The van der Waals surface area contributed by atoms with E-state index in [-0.39, 0.29) is 10.6 Å². The summed E-state index contributed by atoms with van der Waals surface area (Å²) in [6, 6.07) is 8.56. The zero-order chi connectivity index (χ0) is 14.9. The quantitative estimate of drug-likeness (QED) is 0.855. The van der Waals surface area contributed by atoms with Gasteiger partial charge in [0.25, 0.3) is 10.0 Å². The Morgan fingerprint density at radius 3 is 2.25 bits per heavy atom. The molecule has 0 aromatic heterocycles. The number of hydrogen-bond acceptors (Lipinski definition) is 3. The molecule has 0 atom stereocenters. The second kappa shape index (κ2) is 5.13. The fourth-order valence-electron chi connectivity index (χ4n) is 1.98. The Labute approximate surface area is 117 Å². The molecule has 0 spiro atoms. The first-order valence-corrected chi connectivity index (χ1v) is 7.42. The van der Waals surface area contributed by atoms with E-state index in [1.807, 2.05) is 19.9 Å². The molecule has 6 heteroatoms. The fraction of sp³-hybridized carbons (Fsp3) is 0.143. The number of aryl methyl sites for hydroxylation is 2. The number of nitrogens with two attached hydrogens (primary N) is 1. The molecule has 0 unspecified atom stereocenters. The molecule has 2 aromatic carbocycles. The van der Waals surface area contributed by atoms with E-state index in [9.17, 15) is 12.8 Å². The van der Waals surface area contributed by atoms with Crippen LogP contribution < -0.4 is 10.5 Å². The van der Waals surface area contributed by atoms with Gasteiger partial charge < -0.3 is 5.73 Å². The lowest BCUT2D eigenvalue weighted by molar-refractivity contribution is 0.596. The molecule has 0 saturated carbocycles. The third-order valence-corrected chi connectivity index (χ3v) is 4.18. The SMILES string of the molecule is Cc1cc(C)cc(NS(=O)(=O)c2cc(F)ccc2N)c1. The molecule has 0 aliphatic rings. The molecule has 4 nitrogen and oxygen atoms in total.